The van der Waals surface area contributed by atoms with E-state index in [-0.39, 0.29) is 5.69 Å². The third kappa shape index (κ3) is 1.13. The molecule has 0 atom stereocenters. The first-order valence-corrected chi connectivity index (χ1v) is 4.43. The molecule has 2 heterocycles. The second-order valence-electron chi connectivity index (χ2n) is 2.53. The molecule has 0 unspecified atom stereocenters. The molecule has 0 radical (unpaired) electrons. The topological polar surface area (TPSA) is 76.2 Å². The molecule has 0 fully saturated rings. The van der Waals surface area contributed by atoms with Crippen LogP contribution in [0.1, 0.15) is 10.5 Å². The molecule has 0 spiro atoms. The van der Waals surface area contributed by atoms with E-state index in [0.29, 0.717) is 10.4 Å². The zero-order valence-corrected chi connectivity index (χ0v) is 7.34. The highest BCUT2D eigenvalue weighted by Crippen LogP contribution is 2.27. The SMILES string of the molecule is Nc1cnc(C(=O)O)c2sccc12. The summed E-state index contributed by atoms with van der Waals surface area (Å²) >= 11 is 1.33. The number of carbonyl (C=O) groups is 1. The van der Waals surface area contributed by atoms with Gasteiger partial charge in [0.15, 0.2) is 5.69 Å². The number of pyridine rings is 1. The van der Waals surface area contributed by atoms with Gasteiger partial charge in [-0.1, -0.05) is 0 Å². The number of carboxylic acids is 1. The summed E-state index contributed by atoms with van der Waals surface area (Å²) in [4.78, 5) is 14.5. The Morgan fingerprint density at radius 2 is 2.38 bits per heavy atom. The van der Waals surface area contributed by atoms with Gasteiger partial charge >= 0.3 is 5.97 Å². The largest absolute Gasteiger partial charge is 0.476 e. The number of carboxylic acid groups (broad SMARTS) is 1. The first-order chi connectivity index (χ1) is 6.20. The van der Waals surface area contributed by atoms with E-state index in [0.717, 1.165) is 5.39 Å². The number of thiophene rings is 1. The van der Waals surface area contributed by atoms with Crippen molar-refractivity contribution in [3.8, 4) is 0 Å². The summed E-state index contributed by atoms with van der Waals surface area (Å²) < 4.78 is 0.632. The van der Waals surface area contributed by atoms with Crippen LogP contribution in [0, 0.1) is 0 Å². The van der Waals surface area contributed by atoms with Crippen molar-refractivity contribution in [3.05, 3.63) is 23.3 Å². The highest BCUT2D eigenvalue weighted by atomic mass is 32.1. The van der Waals surface area contributed by atoms with Gasteiger partial charge in [-0.2, -0.15) is 0 Å². The van der Waals surface area contributed by atoms with Crippen molar-refractivity contribution in [3.63, 3.8) is 0 Å². The maximum Gasteiger partial charge on any atom is 0.355 e. The molecule has 0 saturated heterocycles. The predicted molar refractivity (Wildman–Crippen MR) is 51.0 cm³/mol. The number of nitrogens with two attached hydrogens (primary N) is 1. The molecule has 0 aromatic carbocycles. The number of nitrogens with zero attached hydrogens (tertiary/aromatic N) is 1. The minimum atomic E-state index is -1.02. The number of rotatable bonds is 1. The van der Waals surface area contributed by atoms with Gasteiger partial charge in [0.1, 0.15) is 0 Å². The normalized spacial score (nSPS) is 10.5. The van der Waals surface area contributed by atoms with Crippen LogP contribution in [0.5, 0.6) is 0 Å². The van der Waals surface area contributed by atoms with Gasteiger partial charge in [-0.25, -0.2) is 9.78 Å². The third-order valence-corrected chi connectivity index (χ3v) is 2.65. The van der Waals surface area contributed by atoms with Crippen molar-refractivity contribution in [2.75, 3.05) is 5.73 Å². The fourth-order valence-corrected chi connectivity index (χ4v) is 2.04. The van der Waals surface area contributed by atoms with Crippen LogP contribution in [0.3, 0.4) is 0 Å². The molecule has 66 valence electrons. The Balaban J connectivity index is 2.86. The van der Waals surface area contributed by atoms with Crippen LogP contribution in [0.2, 0.25) is 0 Å². The Hall–Kier alpha value is -1.62. The van der Waals surface area contributed by atoms with Gasteiger partial charge in [-0.05, 0) is 11.4 Å². The van der Waals surface area contributed by atoms with Crippen LogP contribution in [0.4, 0.5) is 5.69 Å². The van der Waals surface area contributed by atoms with Gasteiger partial charge < -0.3 is 10.8 Å². The molecule has 5 heteroatoms. The number of hydrogen-bond acceptors (Lipinski definition) is 4. The first-order valence-electron chi connectivity index (χ1n) is 3.55. The summed E-state index contributed by atoms with van der Waals surface area (Å²) in [6.07, 6.45) is 1.37. The molecule has 0 bridgehead atoms. The summed E-state index contributed by atoms with van der Waals surface area (Å²) in [6, 6.07) is 1.80. The standard InChI is InChI=1S/C8H6N2O2S/c9-5-3-10-6(8(11)12)7-4(5)1-2-13-7/h1-3H,9H2,(H,11,12). The minimum Gasteiger partial charge on any atom is -0.476 e. The monoisotopic (exact) mass is 194 g/mol. The van der Waals surface area contributed by atoms with Gasteiger partial charge in [-0.15, -0.1) is 11.3 Å². The Morgan fingerprint density at radius 1 is 1.62 bits per heavy atom. The summed E-state index contributed by atoms with van der Waals surface area (Å²) in [5.74, 6) is -1.02. The fourth-order valence-electron chi connectivity index (χ4n) is 1.13. The maximum atomic E-state index is 10.7. The summed E-state index contributed by atoms with van der Waals surface area (Å²) in [5, 5.41) is 11.4. The fraction of sp³-hybridized carbons (Fsp3) is 0. The van der Waals surface area contributed by atoms with E-state index in [4.69, 9.17) is 10.8 Å². The van der Waals surface area contributed by atoms with Gasteiger partial charge in [0, 0.05) is 5.39 Å². The third-order valence-electron chi connectivity index (χ3n) is 1.73. The number of aromatic carboxylic acids is 1. The molecule has 2 aromatic heterocycles. The summed E-state index contributed by atoms with van der Waals surface area (Å²) in [7, 11) is 0. The average Bonchev–Trinajstić information content (AvgIpc) is 2.53. The van der Waals surface area contributed by atoms with E-state index in [2.05, 4.69) is 4.98 Å². The van der Waals surface area contributed by atoms with Crippen LogP contribution >= 0.6 is 11.3 Å². The Bertz CT molecular complexity index is 478. The number of fused-ring (bicyclic) bond motifs is 1. The van der Waals surface area contributed by atoms with Crippen molar-refractivity contribution in [1.29, 1.82) is 0 Å². The molecule has 2 aromatic rings. The Labute approximate surface area is 77.6 Å². The highest BCUT2D eigenvalue weighted by Gasteiger charge is 2.12. The molecule has 0 amide bonds. The molecule has 13 heavy (non-hydrogen) atoms. The Kier molecular flexibility index (Phi) is 1.66. The molecule has 3 N–H and O–H groups in total. The van der Waals surface area contributed by atoms with E-state index in [1.807, 2.05) is 0 Å². The molecule has 0 saturated carbocycles. The molecule has 0 aliphatic rings. The quantitative estimate of drug-likeness (QED) is 0.722. The van der Waals surface area contributed by atoms with Crippen molar-refractivity contribution < 1.29 is 9.90 Å². The van der Waals surface area contributed by atoms with Gasteiger partial charge in [-0.3, -0.25) is 0 Å². The zero-order valence-electron chi connectivity index (χ0n) is 6.52. The lowest BCUT2D eigenvalue weighted by molar-refractivity contribution is 0.0693. The van der Waals surface area contributed by atoms with Crippen molar-refractivity contribution in [2.45, 2.75) is 0 Å². The van der Waals surface area contributed by atoms with E-state index in [1.165, 1.54) is 17.5 Å². The summed E-state index contributed by atoms with van der Waals surface area (Å²) in [5.41, 5.74) is 6.20. The van der Waals surface area contributed by atoms with Gasteiger partial charge in [0.2, 0.25) is 0 Å². The molecular formula is C8H6N2O2S. The second-order valence-corrected chi connectivity index (χ2v) is 3.45. The minimum absolute atomic E-state index is 0.0687. The van der Waals surface area contributed by atoms with Gasteiger partial charge in [0.25, 0.3) is 0 Å². The van der Waals surface area contributed by atoms with E-state index >= 15 is 0 Å². The molecule has 0 aliphatic heterocycles. The van der Waals surface area contributed by atoms with Crippen molar-refractivity contribution in [2.24, 2.45) is 0 Å². The lowest BCUT2D eigenvalue weighted by Crippen LogP contribution is -2.01. The van der Waals surface area contributed by atoms with E-state index in [1.54, 1.807) is 11.4 Å². The molecular weight excluding hydrogens is 188 g/mol. The van der Waals surface area contributed by atoms with Crippen molar-refractivity contribution in [1.82, 2.24) is 4.98 Å². The zero-order chi connectivity index (χ0) is 9.42. The van der Waals surface area contributed by atoms with Crippen LogP contribution in [-0.2, 0) is 0 Å². The smallest absolute Gasteiger partial charge is 0.355 e. The van der Waals surface area contributed by atoms with Crippen LogP contribution < -0.4 is 5.73 Å². The van der Waals surface area contributed by atoms with Crippen LogP contribution in [0.25, 0.3) is 10.1 Å². The number of hydrogen-bond donors (Lipinski definition) is 2. The highest BCUT2D eigenvalue weighted by molar-refractivity contribution is 7.17. The number of aromatic nitrogens is 1. The second kappa shape index (κ2) is 2.70. The predicted octanol–water partition coefficient (Wildman–Crippen LogP) is 1.58. The molecule has 0 aliphatic carbocycles. The summed E-state index contributed by atoms with van der Waals surface area (Å²) in [6.45, 7) is 0. The van der Waals surface area contributed by atoms with E-state index < -0.39 is 5.97 Å². The maximum absolute atomic E-state index is 10.7. The number of nitrogen functional groups attached to an aromatic ring is 1. The first kappa shape index (κ1) is 8.00. The molecule has 2 rings (SSSR count). The van der Waals surface area contributed by atoms with Crippen LogP contribution in [0.15, 0.2) is 17.6 Å². The lowest BCUT2D eigenvalue weighted by atomic mass is 10.2. The van der Waals surface area contributed by atoms with E-state index in [9.17, 15) is 4.79 Å². The van der Waals surface area contributed by atoms with Crippen LogP contribution in [-0.4, -0.2) is 16.1 Å². The van der Waals surface area contributed by atoms with Gasteiger partial charge in [0.05, 0.1) is 16.6 Å². The Morgan fingerprint density at radius 3 is 3.08 bits per heavy atom. The lowest BCUT2D eigenvalue weighted by Gasteiger charge is -1.98. The average molecular weight is 194 g/mol. The number of anilines is 1. The van der Waals surface area contributed by atoms with Crippen molar-refractivity contribution >= 4 is 33.1 Å². The molecule has 4 nitrogen and oxygen atoms in total.